The third-order valence-electron chi connectivity index (χ3n) is 3.60. The Morgan fingerprint density at radius 2 is 1.80 bits per heavy atom. The molecule has 1 fully saturated rings. The lowest BCUT2D eigenvalue weighted by Gasteiger charge is -2.28. The van der Waals surface area contributed by atoms with E-state index in [9.17, 15) is 0 Å². The van der Waals surface area contributed by atoms with Crippen molar-refractivity contribution < 1.29 is 0 Å². The highest BCUT2D eigenvalue weighted by molar-refractivity contribution is 5.10. The molecule has 1 saturated carbocycles. The van der Waals surface area contributed by atoms with Crippen LogP contribution in [-0.4, -0.2) is 9.97 Å². The molecule has 0 amide bonds. The second kappa shape index (κ2) is 5.24. The van der Waals surface area contributed by atoms with Gasteiger partial charge in [0.1, 0.15) is 6.33 Å². The van der Waals surface area contributed by atoms with Crippen LogP contribution >= 0.6 is 0 Å². The summed E-state index contributed by atoms with van der Waals surface area (Å²) in [5.74, 6) is 1.70. The number of nitrogens with zero attached hydrogens (tertiary/aromatic N) is 2. The molecule has 15 heavy (non-hydrogen) atoms. The van der Waals surface area contributed by atoms with Crippen LogP contribution in [0.3, 0.4) is 0 Å². The zero-order chi connectivity index (χ0) is 10.5. The number of rotatable bonds is 3. The smallest absolute Gasteiger partial charge is 0.115 e. The first-order valence-corrected chi connectivity index (χ1v) is 6.15. The summed E-state index contributed by atoms with van der Waals surface area (Å²) in [6.07, 6.45) is 13.8. The first kappa shape index (κ1) is 10.6. The minimum Gasteiger partial charge on any atom is -0.245 e. The van der Waals surface area contributed by atoms with Crippen LogP contribution in [-0.2, 0) is 0 Å². The second-order valence-corrected chi connectivity index (χ2v) is 4.68. The van der Waals surface area contributed by atoms with E-state index in [-0.39, 0.29) is 0 Å². The zero-order valence-electron chi connectivity index (χ0n) is 9.52. The number of hydrogen-bond donors (Lipinski definition) is 0. The molecule has 0 bridgehead atoms. The normalized spacial score (nSPS) is 26.5. The third-order valence-corrected chi connectivity index (χ3v) is 3.60. The van der Waals surface area contributed by atoms with Crippen LogP contribution in [0.25, 0.3) is 0 Å². The molecule has 0 N–H and O–H groups in total. The van der Waals surface area contributed by atoms with E-state index >= 15 is 0 Å². The molecule has 0 unspecified atom stereocenters. The van der Waals surface area contributed by atoms with Crippen LogP contribution in [0.5, 0.6) is 0 Å². The van der Waals surface area contributed by atoms with Gasteiger partial charge in [-0.25, -0.2) is 9.97 Å². The van der Waals surface area contributed by atoms with Gasteiger partial charge in [-0.3, -0.25) is 0 Å². The van der Waals surface area contributed by atoms with E-state index in [2.05, 4.69) is 16.9 Å². The monoisotopic (exact) mass is 204 g/mol. The summed E-state index contributed by atoms with van der Waals surface area (Å²) in [4.78, 5) is 8.21. The van der Waals surface area contributed by atoms with Gasteiger partial charge in [-0.15, -0.1) is 0 Å². The standard InChI is InChI=1S/C13H20N2/c1-2-3-11-4-6-12(7-5-11)13-8-14-10-15-9-13/h8-12H,2-7H2,1H3. The summed E-state index contributed by atoms with van der Waals surface area (Å²) in [6, 6.07) is 0. The van der Waals surface area contributed by atoms with Gasteiger partial charge in [0.2, 0.25) is 0 Å². The van der Waals surface area contributed by atoms with Crippen molar-refractivity contribution in [2.45, 2.75) is 51.4 Å². The Hall–Kier alpha value is -0.920. The van der Waals surface area contributed by atoms with Crippen molar-refractivity contribution in [1.82, 2.24) is 9.97 Å². The molecule has 1 aromatic heterocycles. The topological polar surface area (TPSA) is 25.8 Å². The minimum atomic E-state index is 0.722. The van der Waals surface area contributed by atoms with Gasteiger partial charge in [-0.1, -0.05) is 19.8 Å². The fourth-order valence-electron chi connectivity index (χ4n) is 2.71. The predicted octanol–water partition coefficient (Wildman–Crippen LogP) is 3.55. The van der Waals surface area contributed by atoms with Gasteiger partial charge in [0.05, 0.1) is 0 Å². The van der Waals surface area contributed by atoms with Gasteiger partial charge in [-0.2, -0.15) is 0 Å². The summed E-state index contributed by atoms with van der Waals surface area (Å²) in [7, 11) is 0. The molecule has 2 heteroatoms. The summed E-state index contributed by atoms with van der Waals surface area (Å²) < 4.78 is 0. The molecule has 0 aromatic carbocycles. The first-order chi connectivity index (χ1) is 7.40. The zero-order valence-corrected chi connectivity index (χ0v) is 9.52. The van der Waals surface area contributed by atoms with Gasteiger partial charge in [-0.05, 0) is 43.1 Å². The summed E-state index contributed by atoms with van der Waals surface area (Å²) in [6.45, 7) is 2.29. The Morgan fingerprint density at radius 3 is 2.40 bits per heavy atom. The van der Waals surface area contributed by atoms with Crippen molar-refractivity contribution in [3.8, 4) is 0 Å². The SMILES string of the molecule is CCCC1CCC(c2cncnc2)CC1. The molecule has 0 atom stereocenters. The van der Waals surface area contributed by atoms with E-state index in [4.69, 9.17) is 0 Å². The molecule has 0 aliphatic heterocycles. The maximum absolute atomic E-state index is 4.10. The van der Waals surface area contributed by atoms with Crippen molar-refractivity contribution in [1.29, 1.82) is 0 Å². The van der Waals surface area contributed by atoms with E-state index in [1.54, 1.807) is 6.33 Å². The van der Waals surface area contributed by atoms with Gasteiger partial charge >= 0.3 is 0 Å². The Balaban J connectivity index is 1.88. The average Bonchev–Trinajstić information content (AvgIpc) is 2.32. The van der Waals surface area contributed by atoms with Crippen LogP contribution in [0.1, 0.15) is 56.9 Å². The highest BCUT2D eigenvalue weighted by Gasteiger charge is 2.21. The lowest BCUT2D eigenvalue weighted by Crippen LogP contribution is -2.13. The molecule has 1 heterocycles. The summed E-state index contributed by atoms with van der Waals surface area (Å²) >= 11 is 0. The minimum absolute atomic E-state index is 0.722. The Bertz CT molecular complexity index is 276. The molecular weight excluding hydrogens is 184 g/mol. The molecular formula is C13H20N2. The number of aromatic nitrogens is 2. The molecule has 2 nitrogen and oxygen atoms in total. The van der Waals surface area contributed by atoms with Crippen molar-refractivity contribution in [3.63, 3.8) is 0 Å². The van der Waals surface area contributed by atoms with E-state index in [1.807, 2.05) is 12.4 Å². The van der Waals surface area contributed by atoms with Crippen LogP contribution in [0.2, 0.25) is 0 Å². The van der Waals surface area contributed by atoms with Gasteiger partial charge in [0.15, 0.2) is 0 Å². The lowest BCUT2D eigenvalue weighted by molar-refractivity contribution is 0.308. The molecule has 82 valence electrons. The summed E-state index contributed by atoms with van der Waals surface area (Å²) in [5, 5.41) is 0. The highest BCUT2D eigenvalue weighted by atomic mass is 14.8. The molecule has 1 aliphatic rings. The largest absolute Gasteiger partial charge is 0.245 e. The van der Waals surface area contributed by atoms with Gasteiger partial charge in [0, 0.05) is 12.4 Å². The van der Waals surface area contributed by atoms with Crippen LogP contribution in [0, 0.1) is 5.92 Å². The van der Waals surface area contributed by atoms with E-state index in [0.29, 0.717) is 0 Å². The molecule has 0 radical (unpaired) electrons. The molecule has 2 rings (SSSR count). The van der Waals surface area contributed by atoms with Crippen molar-refractivity contribution in [2.75, 3.05) is 0 Å². The quantitative estimate of drug-likeness (QED) is 0.752. The fraction of sp³-hybridized carbons (Fsp3) is 0.692. The van der Waals surface area contributed by atoms with Crippen molar-refractivity contribution in [2.24, 2.45) is 5.92 Å². The fourth-order valence-corrected chi connectivity index (χ4v) is 2.71. The molecule has 1 aromatic rings. The maximum atomic E-state index is 4.10. The second-order valence-electron chi connectivity index (χ2n) is 4.68. The molecule has 0 saturated heterocycles. The number of hydrogen-bond acceptors (Lipinski definition) is 2. The predicted molar refractivity (Wildman–Crippen MR) is 61.6 cm³/mol. The van der Waals surface area contributed by atoms with Crippen LogP contribution < -0.4 is 0 Å². The Morgan fingerprint density at radius 1 is 1.13 bits per heavy atom. The van der Waals surface area contributed by atoms with Crippen molar-refractivity contribution >= 4 is 0 Å². The Kier molecular flexibility index (Phi) is 3.70. The van der Waals surface area contributed by atoms with E-state index < -0.39 is 0 Å². The molecule has 0 spiro atoms. The van der Waals surface area contributed by atoms with E-state index in [1.165, 1.54) is 44.1 Å². The molecule has 1 aliphatic carbocycles. The van der Waals surface area contributed by atoms with Gasteiger partial charge < -0.3 is 0 Å². The Labute approximate surface area is 92.1 Å². The van der Waals surface area contributed by atoms with Crippen molar-refractivity contribution in [3.05, 3.63) is 24.3 Å². The maximum Gasteiger partial charge on any atom is 0.115 e. The van der Waals surface area contributed by atoms with Crippen LogP contribution in [0.4, 0.5) is 0 Å². The third kappa shape index (κ3) is 2.77. The summed E-state index contributed by atoms with van der Waals surface area (Å²) in [5.41, 5.74) is 1.34. The van der Waals surface area contributed by atoms with E-state index in [0.717, 1.165) is 11.8 Å². The first-order valence-electron chi connectivity index (χ1n) is 6.15. The van der Waals surface area contributed by atoms with Gasteiger partial charge in [0.25, 0.3) is 0 Å². The highest BCUT2D eigenvalue weighted by Crippen LogP contribution is 2.36. The average molecular weight is 204 g/mol. The van der Waals surface area contributed by atoms with Crippen LogP contribution in [0.15, 0.2) is 18.7 Å². The lowest BCUT2D eigenvalue weighted by atomic mass is 9.78.